The smallest absolute Gasteiger partial charge is 0.413 e. The van der Waals surface area contributed by atoms with Crippen molar-refractivity contribution in [2.24, 2.45) is 0 Å². The second-order valence-corrected chi connectivity index (χ2v) is 5.56. The van der Waals surface area contributed by atoms with Crippen LogP contribution >= 0.6 is 0 Å². The number of carbonyl (C=O) groups is 1. The molecule has 0 aliphatic rings. The van der Waals surface area contributed by atoms with Crippen molar-refractivity contribution in [3.05, 3.63) is 29.6 Å². The number of hydrogen-bond acceptors (Lipinski definition) is 3. The van der Waals surface area contributed by atoms with Gasteiger partial charge in [0.1, 0.15) is 11.2 Å². The van der Waals surface area contributed by atoms with Gasteiger partial charge in [0, 0.05) is 6.20 Å². The van der Waals surface area contributed by atoms with Crippen LogP contribution in [0, 0.1) is 13.8 Å². The molecule has 2 aromatic heterocycles. The second kappa shape index (κ2) is 4.57. The minimum atomic E-state index is -0.521. The summed E-state index contributed by atoms with van der Waals surface area (Å²) < 4.78 is 7.17. The first-order valence-corrected chi connectivity index (χ1v) is 6.22. The van der Waals surface area contributed by atoms with E-state index in [1.54, 1.807) is 0 Å². The van der Waals surface area contributed by atoms with Crippen molar-refractivity contribution in [2.75, 3.05) is 5.32 Å². The van der Waals surface area contributed by atoms with Gasteiger partial charge in [-0.3, -0.25) is 5.32 Å². The molecule has 5 heteroatoms. The lowest BCUT2D eigenvalue weighted by Crippen LogP contribution is -2.27. The molecule has 0 radical (unpaired) electrons. The summed E-state index contributed by atoms with van der Waals surface area (Å²) in [5.41, 5.74) is 2.26. The van der Waals surface area contributed by atoms with Gasteiger partial charge < -0.3 is 9.14 Å². The number of aryl methyl sites for hydroxylation is 2. The highest BCUT2D eigenvalue weighted by Crippen LogP contribution is 2.19. The molecule has 0 saturated carbocycles. The molecule has 0 aliphatic heterocycles. The molecule has 0 atom stereocenters. The predicted molar refractivity (Wildman–Crippen MR) is 74.5 cm³/mol. The van der Waals surface area contributed by atoms with E-state index in [0.717, 1.165) is 16.9 Å². The Bertz CT molecular complexity index is 623. The monoisotopic (exact) mass is 261 g/mol. The van der Waals surface area contributed by atoms with Crippen LogP contribution in [-0.4, -0.2) is 21.1 Å². The van der Waals surface area contributed by atoms with Gasteiger partial charge in [-0.05, 0) is 46.2 Å². The zero-order valence-electron chi connectivity index (χ0n) is 11.9. The molecule has 1 N–H and O–H groups in total. The van der Waals surface area contributed by atoms with Gasteiger partial charge in [0.15, 0.2) is 5.82 Å². The Hall–Kier alpha value is -2.04. The number of imidazole rings is 1. The maximum Gasteiger partial charge on any atom is 0.413 e. The summed E-state index contributed by atoms with van der Waals surface area (Å²) >= 11 is 0. The third-order valence-corrected chi connectivity index (χ3v) is 2.70. The van der Waals surface area contributed by atoms with Crippen molar-refractivity contribution in [1.29, 1.82) is 0 Å². The lowest BCUT2D eigenvalue weighted by atomic mass is 10.2. The fraction of sp³-hybridized carbons (Fsp3) is 0.429. The largest absolute Gasteiger partial charge is 0.444 e. The number of carbonyl (C=O) groups excluding carboxylic acids is 1. The molecule has 1 amide bonds. The Kier molecular flexibility index (Phi) is 3.22. The van der Waals surface area contributed by atoms with Crippen molar-refractivity contribution >= 4 is 17.6 Å². The van der Waals surface area contributed by atoms with Gasteiger partial charge in [0.25, 0.3) is 0 Å². The van der Waals surface area contributed by atoms with Gasteiger partial charge in [-0.2, -0.15) is 0 Å². The molecule has 5 nitrogen and oxygen atoms in total. The summed E-state index contributed by atoms with van der Waals surface area (Å²) in [6, 6.07) is 3.94. The summed E-state index contributed by atoms with van der Waals surface area (Å²) in [7, 11) is 0. The topological polar surface area (TPSA) is 55.6 Å². The summed E-state index contributed by atoms with van der Waals surface area (Å²) in [5.74, 6) is 0.531. The molecule has 0 saturated heterocycles. The van der Waals surface area contributed by atoms with Crippen molar-refractivity contribution in [3.63, 3.8) is 0 Å². The van der Waals surface area contributed by atoms with Gasteiger partial charge >= 0.3 is 6.09 Å². The van der Waals surface area contributed by atoms with Gasteiger partial charge in [-0.25, -0.2) is 9.78 Å². The molecule has 0 unspecified atom stereocenters. The molecule has 0 bridgehead atoms. The average molecular weight is 261 g/mol. The zero-order valence-corrected chi connectivity index (χ0v) is 11.9. The highest BCUT2D eigenvalue weighted by molar-refractivity contribution is 5.85. The maximum atomic E-state index is 11.8. The SMILES string of the molecule is Cc1cccn2c(C)c(NC(=O)OC(C)(C)C)nc12. The van der Waals surface area contributed by atoms with Crippen LogP contribution in [0.3, 0.4) is 0 Å². The number of anilines is 1. The summed E-state index contributed by atoms with van der Waals surface area (Å²) in [5, 5.41) is 2.69. The van der Waals surface area contributed by atoms with Crippen LogP contribution in [0.2, 0.25) is 0 Å². The molecule has 0 fully saturated rings. The molecular weight excluding hydrogens is 242 g/mol. The highest BCUT2D eigenvalue weighted by atomic mass is 16.6. The van der Waals surface area contributed by atoms with Crippen molar-refractivity contribution in [3.8, 4) is 0 Å². The number of pyridine rings is 1. The maximum absolute atomic E-state index is 11.8. The van der Waals surface area contributed by atoms with Gasteiger partial charge in [-0.15, -0.1) is 0 Å². The number of hydrogen-bond donors (Lipinski definition) is 1. The fourth-order valence-corrected chi connectivity index (χ4v) is 1.84. The average Bonchev–Trinajstić information content (AvgIpc) is 2.56. The Morgan fingerprint density at radius 1 is 1.37 bits per heavy atom. The summed E-state index contributed by atoms with van der Waals surface area (Å²) in [6.45, 7) is 9.37. The molecule has 19 heavy (non-hydrogen) atoms. The lowest BCUT2D eigenvalue weighted by Gasteiger charge is -2.19. The normalized spacial score (nSPS) is 11.6. The van der Waals surface area contributed by atoms with Crippen LogP contribution < -0.4 is 5.32 Å². The molecule has 102 valence electrons. The van der Waals surface area contributed by atoms with E-state index in [0.29, 0.717) is 5.82 Å². The van der Waals surface area contributed by atoms with E-state index in [4.69, 9.17) is 4.74 Å². The Balaban J connectivity index is 2.29. The Morgan fingerprint density at radius 3 is 2.63 bits per heavy atom. The Labute approximate surface area is 112 Å². The van der Waals surface area contributed by atoms with Crippen molar-refractivity contribution < 1.29 is 9.53 Å². The van der Waals surface area contributed by atoms with Gasteiger partial charge in [0.05, 0.1) is 5.69 Å². The molecule has 0 aromatic carbocycles. The number of rotatable bonds is 1. The predicted octanol–water partition coefficient (Wildman–Crippen LogP) is 3.30. The molecular formula is C14H19N3O2. The zero-order chi connectivity index (χ0) is 14.2. The summed E-state index contributed by atoms with van der Waals surface area (Å²) in [4.78, 5) is 16.2. The van der Waals surface area contributed by atoms with Crippen molar-refractivity contribution in [2.45, 2.75) is 40.2 Å². The van der Waals surface area contributed by atoms with Crippen LogP contribution in [0.1, 0.15) is 32.0 Å². The van der Waals surface area contributed by atoms with Crippen LogP contribution in [0.5, 0.6) is 0 Å². The van der Waals surface area contributed by atoms with Crippen LogP contribution in [0.15, 0.2) is 18.3 Å². The standard InChI is InChI=1S/C14H19N3O2/c1-9-7-6-8-17-10(2)11(15-12(9)17)16-13(18)19-14(3,4)5/h6-8H,1-5H3,(H,16,18). The molecule has 2 rings (SSSR count). The van der Waals surface area contributed by atoms with E-state index in [1.807, 2.05) is 57.3 Å². The number of nitrogens with zero attached hydrogens (tertiary/aromatic N) is 2. The number of amides is 1. The lowest BCUT2D eigenvalue weighted by molar-refractivity contribution is 0.0635. The molecule has 0 spiro atoms. The van der Waals surface area contributed by atoms with Crippen LogP contribution in [0.25, 0.3) is 5.65 Å². The number of aromatic nitrogens is 2. The van der Waals surface area contributed by atoms with E-state index < -0.39 is 11.7 Å². The molecule has 2 heterocycles. The van der Waals surface area contributed by atoms with Gasteiger partial charge in [0.2, 0.25) is 0 Å². The van der Waals surface area contributed by atoms with Crippen molar-refractivity contribution in [1.82, 2.24) is 9.38 Å². The van der Waals surface area contributed by atoms with E-state index in [1.165, 1.54) is 0 Å². The summed E-state index contributed by atoms with van der Waals surface area (Å²) in [6.07, 6.45) is 1.43. The minimum Gasteiger partial charge on any atom is -0.444 e. The van der Waals surface area contributed by atoms with E-state index in [9.17, 15) is 4.79 Å². The first-order valence-electron chi connectivity index (χ1n) is 6.22. The quantitative estimate of drug-likeness (QED) is 0.857. The first kappa shape index (κ1) is 13.4. The molecule has 2 aromatic rings. The Morgan fingerprint density at radius 2 is 2.05 bits per heavy atom. The number of nitrogens with one attached hydrogen (secondary N) is 1. The minimum absolute atomic E-state index is 0.489. The highest BCUT2D eigenvalue weighted by Gasteiger charge is 2.18. The van der Waals surface area contributed by atoms with Gasteiger partial charge in [-0.1, -0.05) is 6.07 Å². The molecule has 0 aliphatic carbocycles. The van der Waals surface area contributed by atoms with Crippen LogP contribution in [-0.2, 0) is 4.74 Å². The fourth-order valence-electron chi connectivity index (χ4n) is 1.84. The number of ether oxygens (including phenoxy) is 1. The van der Waals surface area contributed by atoms with Crippen LogP contribution in [0.4, 0.5) is 10.6 Å². The van der Waals surface area contributed by atoms with E-state index in [-0.39, 0.29) is 0 Å². The number of fused-ring (bicyclic) bond motifs is 1. The second-order valence-electron chi connectivity index (χ2n) is 5.56. The third kappa shape index (κ3) is 2.86. The van der Waals surface area contributed by atoms with E-state index >= 15 is 0 Å². The van der Waals surface area contributed by atoms with E-state index in [2.05, 4.69) is 10.3 Å². The first-order chi connectivity index (χ1) is 8.78. The third-order valence-electron chi connectivity index (χ3n) is 2.70.